The number of amides is 1. The molecule has 1 aliphatic heterocycles. The van der Waals surface area contributed by atoms with E-state index in [2.05, 4.69) is 9.62 Å². The molecule has 1 saturated heterocycles. The number of ether oxygens (including phenoxy) is 1. The van der Waals surface area contributed by atoms with Crippen LogP contribution in [0.4, 0.5) is 11.4 Å². The van der Waals surface area contributed by atoms with Crippen LogP contribution in [-0.4, -0.2) is 52.5 Å². The summed E-state index contributed by atoms with van der Waals surface area (Å²) in [4.78, 5) is 16.8. The van der Waals surface area contributed by atoms with Crippen molar-refractivity contribution >= 4 is 62.1 Å². The Hall–Kier alpha value is -2.36. The highest BCUT2D eigenvalue weighted by Gasteiger charge is 2.28. The number of para-hydroxylation sites is 2. The monoisotopic (exact) mass is 588 g/mol. The molecular weight excluding hydrogens is 568 g/mol. The van der Waals surface area contributed by atoms with Crippen LogP contribution in [0.15, 0.2) is 65.6 Å². The molecule has 1 aliphatic rings. The minimum atomic E-state index is -4.11. The summed E-state index contributed by atoms with van der Waals surface area (Å²) in [5, 5.41) is 0.353. The molecule has 3 aromatic rings. The predicted octanol–water partition coefficient (Wildman–Crippen LogP) is 2.42. The van der Waals surface area contributed by atoms with Gasteiger partial charge in [-0.25, -0.2) is 8.42 Å². The van der Waals surface area contributed by atoms with Gasteiger partial charge in [0.05, 0.1) is 34.1 Å². The minimum Gasteiger partial charge on any atom is -1.00 e. The van der Waals surface area contributed by atoms with Gasteiger partial charge in [0.2, 0.25) is 0 Å². The third-order valence-corrected chi connectivity index (χ3v) is 8.00. The SMILES string of the molecule is COc1ccccc1N1CCN(C(=O)c2cc(S(=O)(=O)Nc3cccc(Cl)c3)c(Cl)cc2Cl)CC1.[Cl-]. The number of sulfonamides is 1. The third-order valence-electron chi connectivity index (χ3n) is 5.61. The summed E-state index contributed by atoms with van der Waals surface area (Å²) >= 11 is 18.5. The van der Waals surface area contributed by atoms with Crippen molar-refractivity contribution in [1.82, 2.24) is 4.90 Å². The standard InChI is InChI=1S/C24H22Cl3N3O4S.ClH/c1-34-22-8-3-2-7-21(22)29-9-11-30(12-10-29)24(31)18-14-23(20(27)15-19(18)26)35(32,33)28-17-6-4-5-16(25)13-17;/h2-8,13-15,28H,9-12H2,1H3;1H/p-1. The number of halogens is 4. The molecule has 192 valence electrons. The van der Waals surface area contributed by atoms with Gasteiger partial charge in [-0.05, 0) is 42.5 Å². The fraction of sp³-hybridized carbons (Fsp3) is 0.208. The normalized spacial score (nSPS) is 13.7. The van der Waals surface area contributed by atoms with Crippen molar-refractivity contribution in [1.29, 1.82) is 0 Å². The number of piperazine rings is 1. The highest BCUT2D eigenvalue weighted by atomic mass is 35.5. The van der Waals surface area contributed by atoms with E-state index in [4.69, 9.17) is 39.5 Å². The molecule has 1 heterocycles. The van der Waals surface area contributed by atoms with E-state index in [-0.39, 0.29) is 44.5 Å². The van der Waals surface area contributed by atoms with Crippen LogP contribution < -0.4 is 26.8 Å². The summed E-state index contributed by atoms with van der Waals surface area (Å²) in [7, 11) is -2.49. The Morgan fingerprint density at radius 2 is 1.61 bits per heavy atom. The molecule has 0 aliphatic carbocycles. The summed E-state index contributed by atoms with van der Waals surface area (Å²) in [5.74, 6) is 0.389. The van der Waals surface area contributed by atoms with Crippen LogP contribution in [0.25, 0.3) is 0 Å². The first-order valence-corrected chi connectivity index (χ1v) is 13.3. The number of benzene rings is 3. The Kier molecular flexibility index (Phi) is 9.24. The van der Waals surface area contributed by atoms with Gasteiger partial charge >= 0.3 is 0 Å². The molecular formula is C24H22Cl4N3O4S-. The van der Waals surface area contributed by atoms with Crippen molar-refractivity contribution in [3.63, 3.8) is 0 Å². The van der Waals surface area contributed by atoms with Gasteiger partial charge in [0.1, 0.15) is 10.6 Å². The first-order valence-electron chi connectivity index (χ1n) is 10.6. The molecule has 0 saturated carbocycles. The number of nitrogens with one attached hydrogen (secondary N) is 1. The molecule has 12 heteroatoms. The lowest BCUT2D eigenvalue weighted by Gasteiger charge is -2.36. The van der Waals surface area contributed by atoms with Crippen molar-refractivity contribution in [3.05, 3.63) is 81.3 Å². The van der Waals surface area contributed by atoms with Crippen molar-refractivity contribution in [2.24, 2.45) is 0 Å². The van der Waals surface area contributed by atoms with Gasteiger partial charge in [0, 0.05) is 31.2 Å². The summed E-state index contributed by atoms with van der Waals surface area (Å²) in [5.41, 5.74) is 1.28. The van der Waals surface area contributed by atoms with E-state index in [1.54, 1.807) is 30.2 Å². The molecule has 36 heavy (non-hydrogen) atoms. The third kappa shape index (κ3) is 6.12. The Labute approximate surface area is 231 Å². The fourth-order valence-corrected chi connectivity index (χ4v) is 5.97. The van der Waals surface area contributed by atoms with E-state index >= 15 is 0 Å². The summed E-state index contributed by atoms with van der Waals surface area (Å²) in [6, 6.07) is 16.4. The zero-order chi connectivity index (χ0) is 25.2. The van der Waals surface area contributed by atoms with E-state index < -0.39 is 10.0 Å². The first-order chi connectivity index (χ1) is 16.7. The minimum absolute atomic E-state index is 0. The van der Waals surface area contributed by atoms with Gasteiger partial charge in [-0.1, -0.05) is 53.0 Å². The van der Waals surface area contributed by atoms with Gasteiger partial charge in [-0.15, -0.1) is 0 Å². The number of rotatable bonds is 6. The molecule has 0 bridgehead atoms. The van der Waals surface area contributed by atoms with E-state index in [0.717, 1.165) is 11.4 Å². The summed E-state index contributed by atoms with van der Waals surface area (Å²) < 4.78 is 33.9. The second-order valence-corrected chi connectivity index (χ2v) is 10.7. The van der Waals surface area contributed by atoms with Gasteiger partial charge in [-0.3, -0.25) is 9.52 Å². The van der Waals surface area contributed by atoms with Gasteiger partial charge in [-0.2, -0.15) is 0 Å². The molecule has 0 unspecified atom stereocenters. The average molecular weight is 590 g/mol. The molecule has 0 radical (unpaired) electrons. The Balaban J connectivity index is 0.00000361. The highest BCUT2D eigenvalue weighted by Crippen LogP contribution is 2.32. The quantitative estimate of drug-likeness (QED) is 0.478. The van der Waals surface area contributed by atoms with E-state index in [1.807, 2.05) is 24.3 Å². The van der Waals surface area contributed by atoms with Crippen LogP contribution in [-0.2, 0) is 10.0 Å². The van der Waals surface area contributed by atoms with Crippen LogP contribution in [0.5, 0.6) is 5.75 Å². The summed E-state index contributed by atoms with van der Waals surface area (Å²) in [6.07, 6.45) is 0. The van der Waals surface area contributed by atoms with Crippen molar-refractivity contribution in [2.75, 3.05) is 42.9 Å². The van der Waals surface area contributed by atoms with E-state index in [1.165, 1.54) is 18.2 Å². The predicted molar refractivity (Wildman–Crippen MR) is 140 cm³/mol. The van der Waals surface area contributed by atoms with Crippen molar-refractivity contribution in [2.45, 2.75) is 4.90 Å². The largest absolute Gasteiger partial charge is 1.00 e. The lowest BCUT2D eigenvalue weighted by molar-refractivity contribution is -0.0000193. The average Bonchev–Trinajstić information content (AvgIpc) is 2.83. The first kappa shape index (κ1) is 28.2. The number of hydrogen-bond acceptors (Lipinski definition) is 5. The number of carbonyl (C=O) groups excluding carboxylic acids is 1. The summed E-state index contributed by atoms with van der Waals surface area (Å²) in [6.45, 7) is 2.02. The molecule has 0 atom stereocenters. The number of carbonyl (C=O) groups is 1. The maximum absolute atomic E-state index is 13.3. The number of methoxy groups -OCH3 is 1. The molecule has 1 amide bonds. The topological polar surface area (TPSA) is 79.0 Å². The molecule has 7 nitrogen and oxygen atoms in total. The van der Waals surface area contributed by atoms with Gasteiger partial charge in [0.15, 0.2) is 0 Å². The second kappa shape index (κ2) is 11.8. The highest BCUT2D eigenvalue weighted by molar-refractivity contribution is 7.92. The van der Waals surface area contributed by atoms with Crippen LogP contribution >= 0.6 is 34.8 Å². The lowest BCUT2D eigenvalue weighted by atomic mass is 10.1. The number of hydrogen-bond donors (Lipinski definition) is 1. The number of nitrogens with zero attached hydrogens (tertiary/aromatic N) is 2. The lowest BCUT2D eigenvalue weighted by Crippen LogP contribution is -3.00. The van der Waals surface area contributed by atoms with Crippen LogP contribution in [0.2, 0.25) is 15.1 Å². The molecule has 4 rings (SSSR count). The molecule has 1 fully saturated rings. The molecule has 0 aromatic heterocycles. The Morgan fingerprint density at radius 3 is 2.28 bits per heavy atom. The zero-order valence-electron chi connectivity index (χ0n) is 19.0. The maximum Gasteiger partial charge on any atom is 0.263 e. The van der Waals surface area contributed by atoms with E-state index in [0.29, 0.717) is 31.2 Å². The van der Waals surface area contributed by atoms with Gasteiger partial charge < -0.3 is 26.9 Å². The maximum atomic E-state index is 13.3. The van der Waals surface area contributed by atoms with Crippen LogP contribution in [0.1, 0.15) is 10.4 Å². The van der Waals surface area contributed by atoms with Crippen molar-refractivity contribution in [3.8, 4) is 5.75 Å². The fourth-order valence-electron chi connectivity index (χ4n) is 3.87. The molecule has 0 spiro atoms. The molecule has 3 aromatic carbocycles. The number of anilines is 2. The van der Waals surface area contributed by atoms with Crippen LogP contribution in [0, 0.1) is 0 Å². The smallest absolute Gasteiger partial charge is 0.263 e. The Morgan fingerprint density at radius 1 is 0.917 bits per heavy atom. The molecule has 1 N–H and O–H groups in total. The van der Waals surface area contributed by atoms with E-state index in [9.17, 15) is 13.2 Å². The van der Waals surface area contributed by atoms with Gasteiger partial charge in [0.25, 0.3) is 15.9 Å². The van der Waals surface area contributed by atoms with Crippen molar-refractivity contribution < 1.29 is 30.4 Å². The van der Waals surface area contributed by atoms with Crippen LogP contribution in [0.3, 0.4) is 0 Å². The zero-order valence-corrected chi connectivity index (χ0v) is 22.9. The Bertz CT molecular complexity index is 1360. The second-order valence-electron chi connectivity index (χ2n) is 7.83.